The van der Waals surface area contributed by atoms with E-state index in [1.54, 1.807) is 33.2 Å². The van der Waals surface area contributed by atoms with Gasteiger partial charge in [0.05, 0.1) is 30.7 Å². The van der Waals surface area contributed by atoms with Crippen LogP contribution in [0.3, 0.4) is 0 Å². The van der Waals surface area contributed by atoms with Crippen LogP contribution >= 0.6 is 0 Å². The highest BCUT2D eigenvalue weighted by molar-refractivity contribution is 5.96. The number of carbonyl (C=O) groups is 5. The maximum Gasteiger partial charge on any atom is 0.394 e. The number of carbonyl (C=O) groups excluding carboxylic acids is 5. The fraction of sp³-hybridized carbons (Fsp3) is 0.529. The molecule has 2 aromatic heterocycles. The van der Waals surface area contributed by atoms with Gasteiger partial charge in [-0.25, -0.2) is 5.43 Å². The lowest BCUT2D eigenvalue weighted by molar-refractivity contribution is -0.186. The molecule has 0 aliphatic carbocycles. The minimum atomic E-state index is -4.77. The smallest absolute Gasteiger partial charge is 0.394 e. The van der Waals surface area contributed by atoms with E-state index < -0.39 is 78.1 Å². The van der Waals surface area contributed by atoms with Crippen LogP contribution in [-0.4, -0.2) is 124 Å². The van der Waals surface area contributed by atoms with Crippen molar-refractivity contribution in [1.29, 1.82) is 0 Å². The van der Waals surface area contributed by atoms with Crippen molar-refractivity contribution in [2.45, 2.75) is 106 Å². The average Bonchev–Trinajstić information content (AvgIpc) is 3.88. The summed E-state index contributed by atoms with van der Waals surface area (Å²) in [5, 5.41) is 16.5. The number of nitrogens with zero attached hydrogens (tertiary/aromatic N) is 5. The Balaban J connectivity index is 1.38. The number of pyridine rings is 1. The van der Waals surface area contributed by atoms with Gasteiger partial charge in [-0.15, -0.1) is 0 Å². The van der Waals surface area contributed by atoms with E-state index >= 15 is 0 Å². The van der Waals surface area contributed by atoms with Gasteiger partial charge in [-0.05, 0) is 90.3 Å². The number of amides is 4. The topological polar surface area (TPSA) is 176 Å². The molecule has 2 aliphatic heterocycles. The van der Waals surface area contributed by atoms with Crippen molar-refractivity contribution in [3.63, 3.8) is 0 Å². The largest absolute Gasteiger partial charge is 0.508 e. The second-order valence-corrected chi connectivity index (χ2v) is 19.5. The van der Waals surface area contributed by atoms with Crippen LogP contribution in [0.5, 0.6) is 5.75 Å². The summed E-state index contributed by atoms with van der Waals surface area (Å²) in [6, 6.07) is 10.4. The molecule has 2 fully saturated rings. The van der Waals surface area contributed by atoms with Crippen molar-refractivity contribution >= 4 is 40.5 Å². The monoisotopic (exact) mass is 961 g/mol. The Labute approximate surface area is 401 Å². The molecule has 0 unspecified atom stereocenters. The minimum Gasteiger partial charge on any atom is -0.508 e. The summed E-state index contributed by atoms with van der Waals surface area (Å²) >= 11 is 0. The molecule has 374 valence electrons. The van der Waals surface area contributed by atoms with Gasteiger partial charge in [-0.3, -0.25) is 34.0 Å². The van der Waals surface area contributed by atoms with Crippen molar-refractivity contribution in [3.8, 4) is 28.1 Å². The Morgan fingerprint density at radius 3 is 2.38 bits per heavy atom. The zero-order valence-corrected chi connectivity index (χ0v) is 41.0. The number of likely N-dealkylation sites (N-methyl/N-ethyl adjacent to an activating group) is 1. The average molecular weight is 962 g/mol. The van der Waals surface area contributed by atoms with E-state index in [9.17, 15) is 42.3 Å². The number of halogens is 3. The van der Waals surface area contributed by atoms with Gasteiger partial charge in [0, 0.05) is 101 Å². The third kappa shape index (κ3) is 12.1. The van der Waals surface area contributed by atoms with Gasteiger partial charge in [0.15, 0.2) is 0 Å². The second kappa shape index (κ2) is 21.7. The molecule has 3 N–H and O–H groups in total. The molecule has 6 rings (SSSR count). The van der Waals surface area contributed by atoms with Gasteiger partial charge in [-0.1, -0.05) is 39.8 Å². The molecule has 4 heterocycles. The zero-order chi connectivity index (χ0) is 50.5. The summed E-state index contributed by atoms with van der Waals surface area (Å²) in [4.78, 5) is 73.3. The molecule has 0 radical (unpaired) electrons. The number of aryl methyl sites for hydroxylation is 1. The molecular weight excluding hydrogens is 896 g/mol. The van der Waals surface area contributed by atoms with Crippen LogP contribution in [0.2, 0.25) is 0 Å². The predicted molar refractivity (Wildman–Crippen MR) is 254 cm³/mol. The second-order valence-electron chi connectivity index (χ2n) is 19.5. The number of likely N-dealkylation sites (tertiary alicyclic amines) is 1. The molecule has 2 saturated heterocycles. The number of ether oxygens (including phenoxy) is 2. The number of aromatic nitrogens is 2. The number of rotatable bonds is 17. The van der Waals surface area contributed by atoms with Crippen LogP contribution in [0.15, 0.2) is 54.9 Å². The highest BCUT2D eigenvalue weighted by atomic mass is 19.4. The lowest BCUT2D eigenvalue weighted by atomic mass is 9.84. The summed E-state index contributed by atoms with van der Waals surface area (Å²) in [7, 11) is 2.91. The summed E-state index contributed by atoms with van der Waals surface area (Å²) in [5.74, 6) is -7.52. The first-order chi connectivity index (χ1) is 32.5. The lowest BCUT2D eigenvalue weighted by Gasteiger charge is -2.35. The number of hydrazine groups is 1. The Morgan fingerprint density at radius 1 is 1.01 bits per heavy atom. The molecule has 2 aliphatic rings. The fourth-order valence-electron chi connectivity index (χ4n) is 9.85. The van der Waals surface area contributed by atoms with Crippen molar-refractivity contribution < 1.29 is 51.7 Å². The van der Waals surface area contributed by atoms with E-state index in [1.807, 2.05) is 44.3 Å². The van der Waals surface area contributed by atoms with Crippen LogP contribution in [0.4, 0.5) is 13.2 Å². The van der Waals surface area contributed by atoms with Gasteiger partial charge >= 0.3 is 12.1 Å². The predicted octanol–water partition coefficient (Wildman–Crippen LogP) is 6.67. The first kappa shape index (κ1) is 52.4. The van der Waals surface area contributed by atoms with E-state index in [-0.39, 0.29) is 24.7 Å². The summed E-state index contributed by atoms with van der Waals surface area (Å²) in [5.41, 5.74) is 9.23. The van der Waals surface area contributed by atoms with E-state index in [4.69, 9.17) is 9.47 Å². The van der Waals surface area contributed by atoms with Crippen LogP contribution in [0.25, 0.3) is 33.3 Å². The first-order valence-electron chi connectivity index (χ1n) is 23.5. The van der Waals surface area contributed by atoms with Crippen molar-refractivity contribution in [2.24, 2.45) is 23.2 Å². The third-order valence-electron chi connectivity index (χ3n) is 13.2. The number of nitrogens with one attached hydrogen (secondary N) is 2. The van der Waals surface area contributed by atoms with E-state index in [0.29, 0.717) is 50.2 Å². The Morgan fingerprint density at radius 2 is 1.75 bits per heavy atom. The summed E-state index contributed by atoms with van der Waals surface area (Å²) < 4.78 is 56.1. The van der Waals surface area contributed by atoms with Crippen molar-refractivity contribution in [1.82, 2.24) is 35.1 Å². The molecule has 4 aromatic rings. The molecule has 0 spiro atoms. The molecule has 0 saturated carbocycles. The number of hydrogen-bond acceptors (Lipinski definition) is 10. The van der Waals surface area contributed by atoms with Gasteiger partial charge in [0.1, 0.15) is 17.8 Å². The molecular formula is C51H66F3N7O8. The first-order valence-corrected chi connectivity index (χ1v) is 23.5. The van der Waals surface area contributed by atoms with Gasteiger partial charge in [0.2, 0.25) is 17.7 Å². The number of methoxy groups -OCH3 is 1. The number of hydrogen-bond donors (Lipinski definition) is 3. The highest BCUT2D eigenvalue weighted by Gasteiger charge is 2.54. The van der Waals surface area contributed by atoms with Gasteiger partial charge in [-0.2, -0.15) is 13.2 Å². The number of esters is 1. The maximum absolute atomic E-state index is 14.4. The van der Waals surface area contributed by atoms with Crippen LogP contribution in [-0.2, 0) is 59.4 Å². The Hall–Kier alpha value is -6.01. The summed E-state index contributed by atoms with van der Waals surface area (Å²) in [6.07, 6.45) is 0.757. The van der Waals surface area contributed by atoms with Gasteiger partial charge < -0.3 is 34.3 Å². The fourth-order valence-corrected chi connectivity index (χ4v) is 9.85. The van der Waals surface area contributed by atoms with E-state index in [0.717, 1.165) is 62.0 Å². The molecule has 69 heavy (non-hydrogen) atoms. The quantitative estimate of drug-likeness (QED) is 0.0971. The van der Waals surface area contributed by atoms with Crippen LogP contribution in [0, 0.1) is 23.2 Å². The highest BCUT2D eigenvalue weighted by Crippen LogP contribution is 2.42. The number of phenolic OH excluding ortho intramolecular Hbond substituents is 1. The molecule has 4 amide bonds. The minimum absolute atomic E-state index is 0.0869. The summed E-state index contributed by atoms with van der Waals surface area (Å²) in [6.45, 7) is 12.9. The van der Waals surface area contributed by atoms with E-state index in [2.05, 4.69) is 33.3 Å². The number of alkyl halides is 3. The van der Waals surface area contributed by atoms with Gasteiger partial charge in [0.25, 0.3) is 5.91 Å². The van der Waals surface area contributed by atoms with Crippen LogP contribution in [0.1, 0.15) is 78.0 Å². The van der Waals surface area contributed by atoms with Crippen LogP contribution < -0.4 is 10.7 Å². The third-order valence-corrected chi connectivity index (χ3v) is 13.2. The normalized spacial score (nSPS) is 17.5. The number of fused-ring (bicyclic) bond motifs is 1. The molecule has 0 bridgehead atoms. The maximum atomic E-state index is 14.4. The molecule has 18 heteroatoms. The number of aromatic hydroxyl groups is 1. The van der Waals surface area contributed by atoms with E-state index in [1.165, 1.54) is 25.0 Å². The molecule has 4 atom stereocenters. The lowest BCUT2D eigenvalue weighted by Crippen LogP contribution is -2.60. The number of benzene rings is 2. The Kier molecular flexibility index (Phi) is 16.5. The number of phenols is 1. The molecule has 2 aromatic carbocycles. The SMILES string of the molecule is CCn1c(-c2cnccc2COC)c(CC(C)(C)COC(C)=O)c2cc(-c3cc(O)cc(C[C@H](NC(=O)[C@H](C(C)C)N(C)C(=O)[C@@H]4CN(C(C)=O)C[C@@H]4C(F)(F)F)C(=O)N4CCCCN4)c3)ccc21. The standard InChI is InChI=1S/C51H66F3N7O8/c1-10-60-44-14-13-34(23-38(44)39(24-50(6,7)29-69-32(5)63)46(60)40-25-55-17-15-35(40)28-68-9)36-19-33(20-37(64)22-36)21-43(49(67)61-18-12-11-16-56-61)57-47(65)45(30(2)3)58(8)48(66)41-26-59(31(4)62)27-42(41)51(52,53)54/h13-15,17,19-20,22-23,25,30,41-43,45,56,64H,10-12,16,18,21,24,26-29H2,1-9H3,(H,57,65)/t41-,42+,43+,45+/m1/s1. The zero-order valence-electron chi connectivity index (χ0n) is 41.0. The van der Waals surface area contributed by atoms with Crippen molar-refractivity contribution in [3.05, 3.63) is 71.5 Å². The van der Waals surface area contributed by atoms with Crippen molar-refractivity contribution in [2.75, 3.05) is 46.9 Å². The Bertz CT molecular complexity index is 2540. The molecule has 15 nitrogen and oxygen atoms in total.